The molecule has 2 N–H and O–H groups in total. The first kappa shape index (κ1) is 20.0. The maximum Gasteiger partial charge on any atom is 0.251 e. The van der Waals surface area contributed by atoms with E-state index in [2.05, 4.69) is 21.5 Å². The molecule has 1 atom stereocenters. The van der Waals surface area contributed by atoms with Gasteiger partial charge < -0.3 is 15.0 Å². The van der Waals surface area contributed by atoms with E-state index in [1.165, 1.54) is 0 Å². The number of aromatic nitrogens is 2. The van der Waals surface area contributed by atoms with Crippen LogP contribution in [0.3, 0.4) is 0 Å². The number of aromatic amines is 1. The summed E-state index contributed by atoms with van der Waals surface area (Å²) in [5, 5.41) is 3.13. The number of fused-ring (bicyclic) bond motifs is 1. The molecule has 0 spiro atoms. The van der Waals surface area contributed by atoms with Crippen LogP contribution in [-0.2, 0) is 0 Å². The molecular weight excluding hydrogens is 394 g/mol. The van der Waals surface area contributed by atoms with E-state index in [1.54, 1.807) is 36.0 Å². The average molecular weight is 418 g/mol. The van der Waals surface area contributed by atoms with E-state index in [9.17, 15) is 4.79 Å². The molecule has 0 unspecified atom stereocenters. The van der Waals surface area contributed by atoms with Crippen molar-refractivity contribution in [3.63, 3.8) is 0 Å². The number of thioether (sulfide) groups is 1. The number of carbonyl (C=O) groups is 1. The molecule has 152 valence electrons. The van der Waals surface area contributed by atoms with E-state index < -0.39 is 0 Å². The Labute approximate surface area is 179 Å². The van der Waals surface area contributed by atoms with Crippen LogP contribution in [0, 0.1) is 0 Å². The third kappa shape index (κ3) is 4.83. The third-order valence-electron chi connectivity index (χ3n) is 4.75. The van der Waals surface area contributed by atoms with Crippen molar-refractivity contribution in [2.45, 2.75) is 12.5 Å². The van der Waals surface area contributed by atoms with E-state index in [-0.39, 0.29) is 11.9 Å². The molecule has 4 rings (SSSR count). The first-order valence-electron chi connectivity index (χ1n) is 9.80. The van der Waals surface area contributed by atoms with Gasteiger partial charge in [-0.05, 0) is 67.0 Å². The molecule has 4 aromatic rings. The first-order chi connectivity index (χ1) is 14.7. The van der Waals surface area contributed by atoms with Gasteiger partial charge in [0.2, 0.25) is 0 Å². The van der Waals surface area contributed by atoms with Crippen LogP contribution in [-0.4, -0.2) is 27.9 Å². The van der Waals surface area contributed by atoms with Crippen molar-refractivity contribution >= 4 is 28.7 Å². The first-order valence-corrected chi connectivity index (χ1v) is 11.2. The summed E-state index contributed by atoms with van der Waals surface area (Å²) in [5.41, 5.74) is 2.46. The molecule has 0 fully saturated rings. The Hall–Kier alpha value is -3.25. The van der Waals surface area contributed by atoms with Gasteiger partial charge in [0.25, 0.3) is 5.91 Å². The summed E-state index contributed by atoms with van der Waals surface area (Å²) in [5.74, 6) is 3.02. The third-order valence-corrected chi connectivity index (χ3v) is 5.39. The number of carbonyl (C=O) groups excluding carboxylic acids is 1. The predicted octanol–water partition coefficient (Wildman–Crippen LogP) is 5.58. The van der Waals surface area contributed by atoms with Crippen molar-refractivity contribution in [3.8, 4) is 11.5 Å². The number of ether oxygens (including phenoxy) is 1. The zero-order chi connectivity index (χ0) is 20.8. The molecule has 0 saturated carbocycles. The van der Waals surface area contributed by atoms with Gasteiger partial charge in [0.15, 0.2) is 0 Å². The summed E-state index contributed by atoms with van der Waals surface area (Å²) in [6, 6.07) is 24.4. The highest BCUT2D eigenvalue weighted by Gasteiger charge is 2.19. The summed E-state index contributed by atoms with van der Waals surface area (Å²) in [6.07, 6.45) is 2.85. The van der Waals surface area contributed by atoms with Crippen LogP contribution >= 0.6 is 11.8 Å². The molecule has 0 aliphatic rings. The van der Waals surface area contributed by atoms with Crippen LogP contribution in [0.1, 0.15) is 28.6 Å². The summed E-state index contributed by atoms with van der Waals surface area (Å²) in [7, 11) is 0. The van der Waals surface area contributed by atoms with Gasteiger partial charge in [-0.25, -0.2) is 4.98 Å². The molecular formula is C24H23N3O2S. The fourth-order valence-electron chi connectivity index (χ4n) is 3.19. The van der Waals surface area contributed by atoms with E-state index in [0.717, 1.165) is 34.8 Å². The van der Waals surface area contributed by atoms with E-state index in [0.29, 0.717) is 11.3 Å². The summed E-state index contributed by atoms with van der Waals surface area (Å²) in [6.45, 7) is 0. The van der Waals surface area contributed by atoms with E-state index in [1.807, 2.05) is 54.6 Å². The molecule has 1 amide bonds. The predicted molar refractivity (Wildman–Crippen MR) is 122 cm³/mol. The Morgan fingerprint density at radius 3 is 2.43 bits per heavy atom. The largest absolute Gasteiger partial charge is 0.457 e. The van der Waals surface area contributed by atoms with Gasteiger partial charge in [0.1, 0.15) is 17.3 Å². The molecule has 30 heavy (non-hydrogen) atoms. The number of imidazole rings is 1. The molecule has 0 aliphatic heterocycles. The molecule has 0 radical (unpaired) electrons. The minimum atomic E-state index is -0.183. The Morgan fingerprint density at radius 1 is 1.00 bits per heavy atom. The zero-order valence-corrected chi connectivity index (χ0v) is 17.5. The quantitative estimate of drug-likeness (QED) is 0.393. The lowest BCUT2D eigenvalue weighted by Gasteiger charge is -2.16. The number of rotatable bonds is 8. The van der Waals surface area contributed by atoms with Crippen molar-refractivity contribution in [1.82, 2.24) is 15.3 Å². The van der Waals surface area contributed by atoms with Gasteiger partial charge >= 0.3 is 0 Å². The molecule has 0 bridgehead atoms. The number of para-hydroxylation sites is 3. The van der Waals surface area contributed by atoms with Crippen LogP contribution < -0.4 is 10.1 Å². The molecule has 6 heteroatoms. The summed E-state index contributed by atoms with van der Waals surface area (Å²) in [4.78, 5) is 20.9. The fourth-order valence-corrected chi connectivity index (χ4v) is 3.66. The topological polar surface area (TPSA) is 67.0 Å². The lowest BCUT2D eigenvalue weighted by Crippen LogP contribution is -2.29. The lowest BCUT2D eigenvalue weighted by molar-refractivity contribution is 0.0934. The molecule has 5 nitrogen and oxygen atoms in total. The van der Waals surface area contributed by atoms with Crippen molar-refractivity contribution in [2.24, 2.45) is 0 Å². The highest BCUT2D eigenvalue weighted by Crippen LogP contribution is 2.23. The Balaban J connectivity index is 1.47. The van der Waals surface area contributed by atoms with E-state index in [4.69, 9.17) is 4.74 Å². The number of amides is 1. The maximum absolute atomic E-state index is 12.9. The van der Waals surface area contributed by atoms with E-state index >= 15 is 0 Å². The second kappa shape index (κ2) is 9.50. The van der Waals surface area contributed by atoms with Crippen LogP contribution in [0.2, 0.25) is 0 Å². The SMILES string of the molecule is CSCC[C@H](NC(=O)c1ccc(Oc2ccccc2)cc1)c1nc2ccccc2[nH]1. The standard InChI is InChI=1S/C24H23N3O2S/c1-30-16-15-22(23-25-20-9-5-6-10-21(20)26-23)27-24(28)17-11-13-19(14-12-17)29-18-7-3-2-4-8-18/h2-14,22H,15-16H2,1H3,(H,25,26)(H,27,28)/t22-/m0/s1. The highest BCUT2D eigenvalue weighted by atomic mass is 32.2. The molecule has 3 aromatic carbocycles. The van der Waals surface area contributed by atoms with Crippen LogP contribution in [0.4, 0.5) is 0 Å². The highest BCUT2D eigenvalue weighted by molar-refractivity contribution is 7.98. The number of H-pyrrole nitrogens is 1. The Kier molecular flexibility index (Phi) is 6.35. The van der Waals surface area contributed by atoms with Gasteiger partial charge in [-0.1, -0.05) is 30.3 Å². The molecule has 1 heterocycles. The molecule has 1 aromatic heterocycles. The van der Waals surface area contributed by atoms with Gasteiger partial charge in [-0.15, -0.1) is 0 Å². The smallest absolute Gasteiger partial charge is 0.251 e. The molecule has 0 saturated heterocycles. The maximum atomic E-state index is 12.9. The second-order valence-corrected chi connectivity index (χ2v) is 7.87. The van der Waals surface area contributed by atoms with Gasteiger partial charge in [-0.2, -0.15) is 11.8 Å². The Morgan fingerprint density at radius 2 is 1.70 bits per heavy atom. The monoisotopic (exact) mass is 417 g/mol. The average Bonchev–Trinajstić information content (AvgIpc) is 3.22. The van der Waals surface area contributed by atoms with Crippen molar-refractivity contribution in [2.75, 3.05) is 12.0 Å². The molecule has 0 aliphatic carbocycles. The number of nitrogens with zero attached hydrogens (tertiary/aromatic N) is 1. The summed E-state index contributed by atoms with van der Waals surface area (Å²) >= 11 is 1.75. The van der Waals surface area contributed by atoms with Gasteiger partial charge in [-0.3, -0.25) is 4.79 Å². The van der Waals surface area contributed by atoms with Crippen molar-refractivity contribution in [3.05, 3.63) is 90.3 Å². The second-order valence-electron chi connectivity index (χ2n) is 6.89. The van der Waals surface area contributed by atoms with Crippen molar-refractivity contribution in [1.29, 1.82) is 0 Å². The van der Waals surface area contributed by atoms with Gasteiger partial charge in [0, 0.05) is 5.56 Å². The Bertz CT molecular complexity index is 1080. The number of nitrogens with one attached hydrogen (secondary N) is 2. The van der Waals surface area contributed by atoms with Gasteiger partial charge in [0.05, 0.1) is 17.1 Å². The summed E-state index contributed by atoms with van der Waals surface area (Å²) < 4.78 is 5.80. The van der Waals surface area contributed by atoms with Crippen LogP contribution in [0.5, 0.6) is 11.5 Å². The van der Waals surface area contributed by atoms with Crippen molar-refractivity contribution < 1.29 is 9.53 Å². The number of hydrogen-bond donors (Lipinski definition) is 2. The minimum Gasteiger partial charge on any atom is -0.457 e. The fraction of sp³-hybridized carbons (Fsp3) is 0.167. The number of benzene rings is 3. The normalized spacial score (nSPS) is 11.9. The minimum absolute atomic E-state index is 0.132. The van der Waals surface area contributed by atoms with Crippen LogP contribution in [0.25, 0.3) is 11.0 Å². The zero-order valence-electron chi connectivity index (χ0n) is 16.7. The number of hydrogen-bond acceptors (Lipinski definition) is 4. The van der Waals surface area contributed by atoms with Crippen LogP contribution in [0.15, 0.2) is 78.9 Å². The lowest BCUT2D eigenvalue weighted by atomic mass is 10.1.